The minimum absolute atomic E-state index is 0.0165. The number of alkyl halides is 2. The normalized spacial score (nSPS) is 19.2. The highest BCUT2D eigenvalue weighted by Crippen LogP contribution is 2.43. The van der Waals surface area contributed by atoms with Gasteiger partial charge in [-0.3, -0.25) is 9.78 Å². The summed E-state index contributed by atoms with van der Waals surface area (Å²) in [4.78, 5) is 17.0. The summed E-state index contributed by atoms with van der Waals surface area (Å²) < 4.78 is 31.9. The van der Waals surface area contributed by atoms with Crippen LogP contribution in [0.4, 0.5) is 14.5 Å². The quantitative estimate of drug-likeness (QED) is 0.462. The number of nitrogens with zero attached hydrogens (tertiary/aromatic N) is 6. The third-order valence-corrected chi connectivity index (χ3v) is 6.23. The Labute approximate surface area is 191 Å². The molecule has 34 heavy (non-hydrogen) atoms. The van der Waals surface area contributed by atoms with Gasteiger partial charge in [-0.05, 0) is 42.8 Å². The lowest BCUT2D eigenvalue weighted by Crippen LogP contribution is -2.36. The first-order valence-corrected chi connectivity index (χ1v) is 10.7. The number of hydrogen-bond acceptors (Lipinski definition) is 8. The molecule has 1 saturated heterocycles. The van der Waals surface area contributed by atoms with Crippen molar-refractivity contribution in [1.82, 2.24) is 35.5 Å². The van der Waals surface area contributed by atoms with Crippen LogP contribution in [-0.4, -0.2) is 49.2 Å². The number of fused-ring (bicyclic) bond motifs is 2. The molecule has 1 fully saturated rings. The maximum Gasteiger partial charge on any atom is 0.314 e. The summed E-state index contributed by atoms with van der Waals surface area (Å²) >= 11 is 0. The Hall–Kier alpha value is -4.06. The Morgan fingerprint density at radius 2 is 2.03 bits per heavy atom. The van der Waals surface area contributed by atoms with Crippen LogP contribution < -0.4 is 10.6 Å². The number of pyridine rings is 1. The third-order valence-electron chi connectivity index (χ3n) is 6.23. The van der Waals surface area contributed by atoms with Gasteiger partial charge in [0.1, 0.15) is 5.69 Å². The van der Waals surface area contributed by atoms with E-state index in [4.69, 9.17) is 4.42 Å². The average molecular weight is 464 g/mol. The monoisotopic (exact) mass is 464 g/mol. The van der Waals surface area contributed by atoms with E-state index in [1.807, 2.05) is 24.4 Å². The summed E-state index contributed by atoms with van der Waals surface area (Å²) in [5.41, 5.74) is 4.00. The second-order valence-corrected chi connectivity index (χ2v) is 8.31. The molecule has 0 radical (unpaired) electrons. The van der Waals surface area contributed by atoms with E-state index < -0.39 is 17.7 Å². The Kier molecular flexibility index (Phi) is 4.69. The van der Waals surface area contributed by atoms with Crippen molar-refractivity contribution in [2.45, 2.75) is 24.8 Å². The predicted molar refractivity (Wildman–Crippen MR) is 115 cm³/mol. The number of carbonyl (C=O) groups is 1. The molecule has 1 spiro atoms. The number of amides is 1. The molecule has 10 nitrogen and oxygen atoms in total. The Morgan fingerprint density at radius 3 is 2.76 bits per heavy atom. The number of halogens is 2. The summed E-state index contributed by atoms with van der Waals surface area (Å²) in [7, 11) is 0. The molecule has 0 aliphatic carbocycles. The van der Waals surface area contributed by atoms with E-state index in [2.05, 4.69) is 36.1 Å². The molecule has 2 N–H and O–H groups in total. The average Bonchev–Trinajstić information content (AvgIpc) is 3.63. The van der Waals surface area contributed by atoms with Crippen LogP contribution in [0.25, 0.3) is 22.7 Å². The number of rotatable bonds is 5. The largest absolute Gasteiger partial charge is 0.415 e. The molecule has 1 amide bonds. The third kappa shape index (κ3) is 3.34. The van der Waals surface area contributed by atoms with Crippen LogP contribution in [0.1, 0.15) is 30.0 Å². The van der Waals surface area contributed by atoms with Crippen molar-refractivity contribution in [1.29, 1.82) is 0 Å². The second-order valence-electron chi connectivity index (χ2n) is 8.31. The lowest BCUT2D eigenvalue weighted by Gasteiger charge is -2.19. The van der Waals surface area contributed by atoms with Crippen molar-refractivity contribution >= 4 is 11.6 Å². The number of aromatic nitrogens is 6. The van der Waals surface area contributed by atoms with Gasteiger partial charge in [-0.1, -0.05) is 11.3 Å². The lowest BCUT2D eigenvalue weighted by molar-refractivity contribution is -0.120. The topological polar surface area (TPSA) is 124 Å². The zero-order chi connectivity index (χ0) is 23.3. The van der Waals surface area contributed by atoms with Crippen LogP contribution in [0.15, 0.2) is 47.1 Å². The van der Waals surface area contributed by atoms with Gasteiger partial charge in [0.05, 0.1) is 29.4 Å². The van der Waals surface area contributed by atoms with Gasteiger partial charge in [0.2, 0.25) is 11.8 Å². The summed E-state index contributed by atoms with van der Waals surface area (Å²) in [6.45, 7) is 1.79. The molecule has 0 saturated carbocycles. The van der Waals surface area contributed by atoms with E-state index in [0.717, 1.165) is 29.8 Å². The SMILES string of the molecule is O=C1Nc2ccc(-c3cn(Cc4ccc(-c5nnc(C(F)F)o5)cn4)nn3)cc2C12CCNC2. The van der Waals surface area contributed by atoms with Gasteiger partial charge >= 0.3 is 6.43 Å². The van der Waals surface area contributed by atoms with Crippen LogP contribution in [0.3, 0.4) is 0 Å². The van der Waals surface area contributed by atoms with Crippen molar-refractivity contribution in [3.05, 3.63) is 59.9 Å². The maximum atomic E-state index is 12.6. The maximum absolute atomic E-state index is 12.6. The fraction of sp³-hybridized carbons (Fsp3) is 0.273. The Morgan fingerprint density at radius 1 is 1.15 bits per heavy atom. The highest BCUT2D eigenvalue weighted by Gasteiger charge is 2.48. The molecular weight excluding hydrogens is 446 g/mol. The standard InChI is InChI=1S/C22H18F2N8O2/c23-18(24)20-30-29-19(34-20)13-1-3-14(26-8-13)9-32-10-17(28-31-32)12-2-4-16-15(7-12)22(21(33)27-16)5-6-25-11-22/h1-4,7-8,10,18,25H,5-6,9,11H2,(H,27,33). The zero-order valence-corrected chi connectivity index (χ0v) is 17.7. The van der Waals surface area contributed by atoms with Crippen LogP contribution in [0.5, 0.6) is 0 Å². The van der Waals surface area contributed by atoms with Gasteiger partial charge in [-0.2, -0.15) is 8.78 Å². The number of benzene rings is 1. The predicted octanol–water partition coefficient (Wildman–Crippen LogP) is 2.56. The molecule has 5 heterocycles. The molecule has 2 aliphatic rings. The molecule has 2 aliphatic heterocycles. The molecule has 1 unspecified atom stereocenters. The van der Waals surface area contributed by atoms with E-state index in [0.29, 0.717) is 30.0 Å². The molecule has 1 aromatic carbocycles. The van der Waals surface area contributed by atoms with Gasteiger partial charge in [0.25, 0.3) is 5.89 Å². The minimum atomic E-state index is -2.82. The number of anilines is 1. The molecule has 0 bridgehead atoms. The van der Waals surface area contributed by atoms with E-state index in [9.17, 15) is 13.6 Å². The van der Waals surface area contributed by atoms with E-state index in [-0.39, 0.29) is 11.8 Å². The van der Waals surface area contributed by atoms with Gasteiger partial charge < -0.3 is 15.1 Å². The summed E-state index contributed by atoms with van der Waals surface area (Å²) in [5, 5.41) is 21.7. The van der Waals surface area contributed by atoms with Gasteiger partial charge in [0.15, 0.2) is 0 Å². The van der Waals surface area contributed by atoms with E-state index in [1.54, 1.807) is 16.8 Å². The van der Waals surface area contributed by atoms with Crippen LogP contribution in [-0.2, 0) is 16.8 Å². The minimum Gasteiger partial charge on any atom is -0.415 e. The Balaban J connectivity index is 1.20. The number of hydrogen-bond donors (Lipinski definition) is 2. The fourth-order valence-electron chi connectivity index (χ4n) is 4.45. The smallest absolute Gasteiger partial charge is 0.314 e. The summed E-state index contributed by atoms with van der Waals surface area (Å²) in [6, 6.07) is 9.24. The lowest BCUT2D eigenvalue weighted by atomic mass is 9.80. The van der Waals surface area contributed by atoms with Crippen LogP contribution >= 0.6 is 0 Å². The van der Waals surface area contributed by atoms with Crippen LogP contribution in [0.2, 0.25) is 0 Å². The van der Waals surface area contributed by atoms with Crippen molar-refractivity contribution in [2.24, 2.45) is 0 Å². The molecule has 3 aromatic heterocycles. The van der Waals surface area contributed by atoms with Gasteiger partial charge in [0, 0.05) is 24.0 Å². The van der Waals surface area contributed by atoms with Crippen molar-refractivity contribution in [3.63, 3.8) is 0 Å². The Bertz CT molecular complexity index is 1380. The first-order valence-electron chi connectivity index (χ1n) is 10.7. The molecule has 172 valence electrons. The van der Waals surface area contributed by atoms with Crippen molar-refractivity contribution in [3.8, 4) is 22.7 Å². The van der Waals surface area contributed by atoms with Gasteiger partial charge in [-0.15, -0.1) is 15.3 Å². The molecule has 4 aromatic rings. The van der Waals surface area contributed by atoms with Gasteiger partial charge in [-0.25, -0.2) is 4.68 Å². The van der Waals surface area contributed by atoms with Crippen molar-refractivity contribution in [2.75, 3.05) is 18.4 Å². The second kappa shape index (κ2) is 7.76. The summed E-state index contributed by atoms with van der Waals surface area (Å²) in [6.07, 6.45) is 1.23. The number of nitrogens with one attached hydrogen (secondary N) is 2. The van der Waals surface area contributed by atoms with Crippen LogP contribution in [0, 0.1) is 0 Å². The first-order chi connectivity index (χ1) is 16.5. The molecule has 12 heteroatoms. The molecule has 6 rings (SSSR count). The highest BCUT2D eigenvalue weighted by atomic mass is 19.3. The van der Waals surface area contributed by atoms with Crippen molar-refractivity contribution < 1.29 is 18.0 Å². The molecule has 1 atom stereocenters. The highest BCUT2D eigenvalue weighted by molar-refractivity contribution is 6.07. The van der Waals surface area contributed by atoms with E-state index in [1.165, 1.54) is 6.20 Å². The number of carbonyl (C=O) groups excluding carboxylic acids is 1. The molecular formula is C22H18F2N8O2. The summed E-state index contributed by atoms with van der Waals surface area (Å²) in [5.74, 6) is -0.706. The fourth-order valence-corrected chi connectivity index (χ4v) is 4.45. The zero-order valence-electron chi connectivity index (χ0n) is 17.7. The first kappa shape index (κ1) is 20.5. The van der Waals surface area contributed by atoms with E-state index >= 15 is 0 Å².